The molecule has 3 aromatic rings. The van der Waals surface area contributed by atoms with Crippen molar-refractivity contribution < 1.29 is 9.59 Å². The second kappa shape index (κ2) is 8.17. The molecule has 0 radical (unpaired) electrons. The molecule has 144 valence electrons. The normalized spacial score (nSPS) is 11.0. The first-order valence-electron chi connectivity index (χ1n) is 9.23. The minimum Gasteiger partial charge on any atom is -0.326 e. The van der Waals surface area contributed by atoms with E-state index in [-0.39, 0.29) is 29.7 Å². The minimum absolute atomic E-state index is 0.0573. The van der Waals surface area contributed by atoms with E-state index in [0.717, 1.165) is 5.56 Å². The Morgan fingerprint density at radius 3 is 2.50 bits per heavy atom. The van der Waals surface area contributed by atoms with Crippen molar-refractivity contribution >= 4 is 28.3 Å². The van der Waals surface area contributed by atoms with Crippen molar-refractivity contribution in [2.75, 3.05) is 5.32 Å². The number of nitrogens with one attached hydrogen (secondary N) is 1. The average Bonchev–Trinajstić information content (AvgIpc) is 2.64. The summed E-state index contributed by atoms with van der Waals surface area (Å²) in [4.78, 5) is 41.4. The maximum atomic E-state index is 12.6. The van der Waals surface area contributed by atoms with Crippen molar-refractivity contribution in [1.29, 1.82) is 0 Å². The smallest absolute Gasteiger partial charge is 0.261 e. The molecule has 1 aromatic heterocycles. The number of nitrogens with zero attached hydrogens (tertiary/aromatic N) is 2. The van der Waals surface area contributed by atoms with Crippen LogP contribution < -0.4 is 10.9 Å². The van der Waals surface area contributed by atoms with Crippen molar-refractivity contribution in [3.8, 4) is 0 Å². The zero-order chi connectivity index (χ0) is 20.3. The van der Waals surface area contributed by atoms with Crippen LogP contribution in [-0.4, -0.2) is 21.2 Å². The number of para-hydroxylation sites is 1. The van der Waals surface area contributed by atoms with Gasteiger partial charge in [0.05, 0.1) is 23.8 Å². The second-order valence-corrected chi connectivity index (χ2v) is 7.30. The summed E-state index contributed by atoms with van der Waals surface area (Å²) in [7, 11) is 0. The highest BCUT2D eigenvalue weighted by Gasteiger charge is 2.12. The summed E-state index contributed by atoms with van der Waals surface area (Å²) >= 11 is 0. The lowest BCUT2D eigenvalue weighted by atomic mass is 10.1. The van der Waals surface area contributed by atoms with Gasteiger partial charge in [-0.3, -0.25) is 19.0 Å². The van der Waals surface area contributed by atoms with Crippen LogP contribution in [-0.2, 0) is 11.3 Å². The van der Waals surface area contributed by atoms with Crippen LogP contribution in [0, 0.1) is 12.8 Å². The number of hydrogen-bond acceptors (Lipinski definition) is 4. The Kier molecular flexibility index (Phi) is 5.68. The largest absolute Gasteiger partial charge is 0.326 e. The van der Waals surface area contributed by atoms with Gasteiger partial charge in [0.2, 0.25) is 5.91 Å². The van der Waals surface area contributed by atoms with Crippen molar-refractivity contribution in [2.24, 2.45) is 5.92 Å². The summed E-state index contributed by atoms with van der Waals surface area (Å²) in [5.74, 6) is 0.0210. The summed E-state index contributed by atoms with van der Waals surface area (Å²) in [6, 6.07) is 12.1. The van der Waals surface area contributed by atoms with Crippen LogP contribution in [0.1, 0.15) is 36.2 Å². The number of ketones is 1. The van der Waals surface area contributed by atoms with Gasteiger partial charge in [-0.1, -0.05) is 26.0 Å². The van der Waals surface area contributed by atoms with E-state index in [1.54, 1.807) is 36.4 Å². The fraction of sp³-hybridized carbons (Fsp3) is 0.273. The van der Waals surface area contributed by atoms with Gasteiger partial charge in [-0.25, -0.2) is 4.98 Å². The highest BCUT2D eigenvalue weighted by Crippen LogP contribution is 2.14. The zero-order valence-corrected chi connectivity index (χ0v) is 16.2. The average molecular weight is 377 g/mol. The maximum Gasteiger partial charge on any atom is 0.261 e. The van der Waals surface area contributed by atoms with E-state index in [0.29, 0.717) is 28.6 Å². The van der Waals surface area contributed by atoms with Crippen LogP contribution in [0.15, 0.2) is 53.6 Å². The number of benzene rings is 2. The van der Waals surface area contributed by atoms with Gasteiger partial charge in [0.1, 0.15) is 0 Å². The van der Waals surface area contributed by atoms with Crippen LogP contribution in [0.3, 0.4) is 0 Å². The van der Waals surface area contributed by atoms with Crippen molar-refractivity contribution in [2.45, 2.75) is 33.7 Å². The van der Waals surface area contributed by atoms with E-state index >= 15 is 0 Å². The Balaban J connectivity index is 1.75. The molecule has 0 atom stereocenters. The molecule has 1 heterocycles. The second-order valence-electron chi connectivity index (χ2n) is 7.30. The lowest BCUT2D eigenvalue weighted by molar-refractivity contribution is -0.116. The Bertz CT molecular complexity index is 1080. The number of hydrogen-bond donors (Lipinski definition) is 1. The fourth-order valence-electron chi connectivity index (χ4n) is 3.02. The predicted molar refractivity (Wildman–Crippen MR) is 110 cm³/mol. The van der Waals surface area contributed by atoms with E-state index in [1.165, 1.54) is 10.9 Å². The highest BCUT2D eigenvalue weighted by atomic mass is 16.2. The topological polar surface area (TPSA) is 81.1 Å². The molecule has 0 aliphatic heterocycles. The van der Waals surface area contributed by atoms with Gasteiger partial charge in [0.15, 0.2) is 5.78 Å². The fourth-order valence-corrected chi connectivity index (χ4v) is 3.02. The standard InChI is InChI=1S/C22H23N3O3/c1-14(2)11-20(27)24-17-9-7-16(8-10-17)19(26)12-25-13-23-21-15(3)5-4-6-18(21)22(25)28/h4-10,13-14H,11-12H2,1-3H3,(H,24,27). The van der Waals surface area contributed by atoms with Crippen LogP contribution in [0.2, 0.25) is 0 Å². The number of carbonyl (C=O) groups is 2. The first-order valence-corrected chi connectivity index (χ1v) is 9.23. The van der Waals surface area contributed by atoms with Crippen LogP contribution in [0.25, 0.3) is 10.9 Å². The third-order valence-corrected chi connectivity index (χ3v) is 4.45. The predicted octanol–water partition coefficient (Wildman–Crippen LogP) is 3.57. The number of aromatic nitrogens is 2. The molecule has 0 spiro atoms. The Morgan fingerprint density at radius 1 is 1.11 bits per heavy atom. The Morgan fingerprint density at radius 2 is 1.82 bits per heavy atom. The third-order valence-electron chi connectivity index (χ3n) is 4.45. The molecule has 3 rings (SSSR count). The van der Waals surface area contributed by atoms with Gasteiger partial charge in [-0.2, -0.15) is 0 Å². The van der Waals surface area contributed by atoms with E-state index in [9.17, 15) is 14.4 Å². The number of anilines is 1. The number of amides is 1. The molecule has 0 bridgehead atoms. The molecule has 0 saturated heterocycles. The zero-order valence-electron chi connectivity index (χ0n) is 16.2. The lowest BCUT2D eigenvalue weighted by Gasteiger charge is -2.09. The monoisotopic (exact) mass is 377 g/mol. The maximum absolute atomic E-state index is 12.6. The molecule has 2 aromatic carbocycles. The van der Waals surface area contributed by atoms with Gasteiger partial charge in [-0.15, -0.1) is 0 Å². The Hall–Kier alpha value is -3.28. The molecule has 0 aliphatic rings. The van der Waals surface area contributed by atoms with E-state index in [2.05, 4.69) is 10.3 Å². The highest BCUT2D eigenvalue weighted by molar-refractivity contribution is 5.97. The summed E-state index contributed by atoms with van der Waals surface area (Å²) < 4.78 is 1.32. The summed E-state index contributed by atoms with van der Waals surface area (Å²) in [6.07, 6.45) is 1.86. The molecule has 1 amide bonds. The van der Waals surface area contributed by atoms with Gasteiger partial charge in [-0.05, 0) is 48.7 Å². The molecule has 1 N–H and O–H groups in total. The van der Waals surface area contributed by atoms with Gasteiger partial charge < -0.3 is 5.32 Å². The molecule has 0 unspecified atom stereocenters. The molecule has 0 saturated carbocycles. The minimum atomic E-state index is -0.236. The number of aryl methyl sites for hydroxylation is 1. The van der Waals surface area contributed by atoms with E-state index in [4.69, 9.17) is 0 Å². The molecule has 0 fully saturated rings. The first kappa shape index (κ1) is 19.5. The molecule has 28 heavy (non-hydrogen) atoms. The Labute approximate surface area is 163 Å². The number of carbonyl (C=O) groups excluding carboxylic acids is 2. The lowest BCUT2D eigenvalue weighted by Crippen LogP contribution is -2.24. The molecular weight excluding hydrogens is 354 g/mol. The molecular formula is C22H23N3O3. The quantitative estimate of drug-likeness (QED) is 0.666. The first-order chi connectivity index (χ1) is 13.3. The van der Waals surface area contributed by atoms with Gasteiger partial charge in [0.25, 0.3) is 5.56 Å². The van der Waals surface area contributed by atoms with Gasteiger partial charge >= 0.3 is 0 Å². The molecule has 6 nitrogen and oxygen atoms in total. The SMILES string of the molecule is Cc1cccc2c(=O)n(CC(=O)c3ccc(NC(=O)CC(C)C)cc3)cnc12. The molecule has 6 heteroatoms. The van der Waals surface area contributed by atoms with E-state index in [1.807, 2.05) is 26.8 Å². The van der Waals surface area contributed by atoms with Crippen molar-refractivity contribution in [1.82, 2.24) is 9.55 Å². The van der Waals surface area contributed by atoms with Crippen LogP contribution in [0.4, 0.5) is 5.69 Å². The molecule has 0 aliphatic carbocycles. The number of fused-ring (bicyclic) bond motifs is 1. The number of rotatable bonds is 6. The van der Waals surface area contributed by atoms with Crippen LogP contribution >= 0.6 is 0 Å². The van der Waals surface area contributed by atoms with Crippen molar-refractivity contribution in [3.63, 3.8) is 0 Å². The third kappa shape index (κ3) is 4.34. The summed E-state index contributed by atoms with van der Waals surface area (Å²) in [5.41, 5.74) is 2.45. The van der Waals surface area contributed by atoms with Crippen LogP contribution in [0.5, 0.6) is 0 Å². The van der Waals surface area contributed by atoms with E-state index < -0.39 is 0 Å². The number of Topliss-reactive ketones (excluding diaryl/α,β-unsaturated/α-hetero) is 1. The van der Waals surface area contributed by atoms with Gasteiger partial charge in [0, 0.05) is 17.7 Å². The van der Waals surface area contributed by atoms with Crippen molar-refractivity contribution in [3.05, 3.63) is 70.3 Å². The summed E-state index contributed by atoms with van der Waals surface area (Å²) in [5, 5.41) is 3.31. The summed E-state index contributed by atoms with van der Waals surface area (Å²) in [6.45, 7) is 5.76.